The van der Waals surface area contributed by atoms with Gasteiger partial charge in [-0.3, -0.25) is 14.6 Å². The van der Waals surface area contributed by atoms with E-state index in [9.17, 15) is 14.7 Å². The van der Waals surface area contributed by atoms with Gasteiger partial charge in [-0.05, 0) is 64.6 Å². The lowest BCUT2D eigenvalue weighted by Crippen LogP contribution is -2.48. The number of carbonyl (C=O) groups is 2. The third-order valence-corrected chi connectivity index (χ3v) is 8.18. The second-order valence-electron chi connectivity index (χ2n) is 11.3. The second-order valence-corrected chi connectivity index (χ2v) is 11.3. The lowest BCUT2D eigenvalue weighted by atomic mass is 9.88. The summed E-state index contributed by atoms with van der Waals surface area (Å²) in [6.07, 6.45) is 2.70. The molecule has 0 radical (unpaired) electrons. The predicted octanol–water partition coefficient (Wildman–Crippen LogP) is 7.29. The first kappa shape index (κ1) is 30.3. The average Bonchev–Trinajstić information content (AvgIpc) is 3.11. The molecule has 46 heavy (non-hydrogen) atoms. The number of phenolic OH excluding ortho intramolecular Hbond substituents is 1. The first-order valence-corrected chi connectivity index (χ1v) is 15.5. The fourth-order valence-corrected chi connectivity index (χ4v) is 5.84. The van der Waals surface area contributed by atoms with Crippen molar-refractivity contribution in [1.29, 1.82) is 0 Å². The lowest BCUT2D eigenvalue weighted by Gasteiger charge is -2.21. The molecule has 0 bridgehead atoms. The van der Waals surface area contributed by atoms with E-state index in [1.54, 1.807) is 30.5 Å². The molecule has 1 atom stereocenters. The molecule has 0 aliphatic heterocycles. The monoisotopic (exact) mass is 605 g/mol. The fraction of sp³-hybridized carbons (Fsp3) is 0.125. The molecule has 228 valence electrons. The van der Waals surface area contributed by atoms with Gasteiger partial charge < -0.3 is 15.7 Å². The SMILES string of the molecule is O=C(NC(Cc1ccccc1)C(=O)NCCC(c1ccccc1)c1ccccc1)c1cccc(-c2cc(O)c3ncccc3c2)c1. The van der Waals surface area contributed by atoms with Crippen LogP contribution in [0.4, 0.5) is 0 Å². The molecule has 1 unspecified atom stereocenters. The molecule has 6 nitrogen and oxygen atoms in total. The molecule has 0 saturated carbocycles. The predicted molar refractivity (Wildman–Crippen MR) is 183 cm³/mol. The van der Waals surface area contributed by atoms with Gasteiger partial charge in [-0.2, -0.15) is 0 Å². The molecule has 1 aromatic heterocycles. The number of nitrogens with zero attached hydrogens (tertiary/aromatic N) is 1. The quantitative estimate of drug-likeness (QED) is 0.145. The van der Waals surface area contributed by atoms with Crippen LogP contribution in [0.5, 0.6) is 5.75 Å². The maximum atomic E-state index is 13.7. The van der Waals surface area contributed by atoms with Crippen molar-refractivity contribution in [2.75, 3.05) is 6.54 Å². The molecule has 0 saturated heterocycles. The summed E-state index contributed by atoms with van der Waals surface area (Å²) in [5.74, 6) is -0.390. The van der Waals surface area contributed by atoms with Gasteiger partial charge in [0.15, 0.2) is 0 Å². The van der Waals surface area contributed by atoms with E-state index < -0.39 is 6.04 Å². The zero-order valence-corrected chi connectivity index (χ0v) is 25.3. The summed E-state index contributed by atoms with van der Waals surface area (Å²) in [6, 6.07) is 44.0. The minimum Gasteiger partial charge on any atom is -0.506 e. The molecule has 0 aliphatic carbocycles. The van der Waals surface area contributed by atoms with Crippen molar-refractivity contribution in [3.63, 3.8) is 0 Å². The van der Waals surface area contributed by atoms with Gasteiger partial charge >= 0.3 is 0 Å². The molecule has 0 spiro atoms. The van der Waals surface area contributed by atoms with Crippen LogP contribution in [0.1, 0.15) is 39.4 Å². The number of phenols is 1. The Balaban J connectivity index is 1.19. The molecule has 6 heteroatoms. The van der Waals surface area contributed by atoms with Crippen LogP contribution in [0.2, 0.25) is 0 Å². The first-order chi connectivity index (χ1) is 22.5. The van der Waals surface area contributed by atoms with Crippen molar-refractivity contribution in [3.8, 4) is 16.9 Å². The van der Waals surface area contributed by atoms with Gasteiger partial charge in [-0.25, -0.2) is 0 Å². The smallest absolute Gasteiger partial charge is 0.251 e. The number of aromatic nitrogens is 1. The maximum absolute atomic E-state index is 13.7. The van der Waals surface area contributed by atoms with Crippen LogP contribution in [0.25, 0.3) is 22.0 Å². The van der Waals surface area contributed by atoms with Gasteiger partial charge in [0.25, 0.3) is 5.91 Å². The number of hydrogen-bond acceptors (Lipinski definition) is 4. The van der Waals surface area contributed by atoms with Gasteiger partial charge in [0.05, 0.1) is 0 Å². The highest BCUT2D eigenvalue weighted by Gasteiger charge is 2.23. The van der Waals surface area contributed by atoms with Crippen molar-refractivity contribution in [2.45, 2.75) is 24.8 Å². The Morgan fingerprint density at radius 3 is 2.07 bits per heavy atom. The Hall–Kier alpha value is -5.75. The number of aromatic hydroxyl groups is 1. The Kier molecular flexibility index (Phi) is 9.45. The Morgan fingerprint density at radius 1 is 0.696 bits per heavy atom. The highest BCUT2D eigenvalue weighted by molar-refractivity contribution is 5.99. The van der Waals surface area contributed by atoms with Crippen molar-refractivity contribution >= 4 is 22.7 Å². The maximum Gasteiger partial charge on any atom is 0.251 e. The largest absolute Gasteiger partial charge is 0.506 e. The van der Waals surface area contributed by atoms with Gasteiger partial charge in [0.2, 0.25) is 5.91 Å². The first-order valence-electron chi connectivity index (χ1n) is 15.5. The summed E-state index contributed by atoms with van der Waals surface area (Å²) >= 11 is 0. The van der Waals surface area contributed by atoms with E-state index in [2.05, 4.69) is 39.9 Å². The zero-order chi connectivity index (χ0) is 31.7. The summed E-state index contributed by atoms with van der Waals surface area (Å²) in [4.78, 5) is 31.5. The fourth-order valence-electron chi connectivity index (χ4n) is 5.84. The molecule has 3 N–H and O–H groups in total. The van der Waals surface area contributed by atoms with Crippen LogP contribution in [0, 0.1) is 0 Å². The van der Waals surface area contributed by atoms with Crippen LogP contribution in [0.15, 0.2) is 146 Å². The summed E-state index contributed by atoms with van der Waals surface area (Å²) in [6.45, 7) is 0.449. The Morgan fingerprint density at radius 2 is 1.37 bits per heavy atom. The average molecular weight is 606 g/mol. The normalized spacial score (nSPS) is 11.7. The van der Waals surface area contributed by atoms with E-state index >= 15 is 0 Å². The number of nitrogens with one attached hydrogen (secondary N) is 2. The van der Waals surface area contributed by atoms with E-state index in [1.807, 2.05) is 91.0 Å². The lowest BCUT2D eigenvalue weighted by molar-refractivity contribution is -0.122. The van der Waals surface area contributed by atoms with Gasteiger partial charge in [-0.1, -0.05) is 109 Å². The van der Waals surface area contributed by atoms with Gasteiger partial charge in [-0.15, -0.1) is 0 Å². The van der Waals surface area contributed by atoms with E-state index in [1.165, 1.54) is 11.1 Å². The molecule has 1 heterocycles. The number of benzene rings is 5. The standard InChI is InChI=1S/C40H35N3O3/c44-37-27-34(26-32-20-11-22-41-38(32)37)31-18-10-19-33(25-31)39(45)43-36(24-28-12-4-1-5-13-28)40(46)42-23-21-35(29-14-6-2-7-15-29)30-16-8-3-9-17-30/h1-20,22,25-27,35-36,44H,21,23-24H2,(H,42,46)(H,43,45). The van der Waals surface area contributed by atoms with Crippen molar-refractivity contribution < 1.29 is 14.7 Å². The van der Waals surface area contributed by atoms with E-state index in [0.29, 0.717) is 30.5 Å². The summed E-state index contributed by atoms with van der Waals surface area (Å²) < 4.78 is 0. The number of amides is 2. The van der Waals surface area contributed by atoms with Gasteiger partial charge in [0.1, 0.15) is 17.3 Å². The number of pyridine rings is 1. The van der Waals surface area contributed by atoms with Crippen molar-refractivity contribution in [1.82, 2.24) is 15.6 Å². The van der Waals surface area contributed by atoms with E-state index in [4.69, 9.17) is 0 Å². The van der Waals surface area contributed by atoms with Crippen LogP contribution in [-0.4, -0.2) is 34.5 Å². The number of hydrogen-bond donors (Lipinski definition) is 3. The van der Waals surface area contributed by atoms with Crippen molar-refractivity contribution in [2.24, 2.45) is 0 Å². The van der Waals surface area contributed by atoms with E-state index in [-0.39, 0.29) is 23.5 Å². The minimum atomic E-state index is -0.777. The minimum absolute atomic E-state index is 0.0734. The van der Waals surface area contributed by atoms with Crippen LogP contribution in [0.3, 0.4) is 0 Å². The number of fused-ring (bicyclic) bond motifs is 1. The Bertz CT molecular complexity index is 1890. The molecule has 6 rings (SSSR count). The van der Waals surface area contributed by atoms with Crippen LogP contribution >= 0.6 is 0 Å². The molecule has 0 aliphatic rings. The Labute approximate surface area is 268 Å². The molecule has 0 fully saturated rings. The van der Waals surface area contributed by atoms with Crippen LogP contribution < -0.4 is 10.6 Å². The summed E-state index contributed by atoms with van der Waals surface area (Å²) in [5.41, 5.74) is 5.80. The summed E-state index contributed by atoms with van der Waals surface area (Å²) in [7, 11) is 0. The van der Waals surface area contributed by atoms with Gasteiger partial charge in [0, 0.05) is 36.0 Å². The molecular weight excluding hydrogens is 570 g/mol. The molecule has 6 aromatic rings. The molecular formula is C40H35N3O3. The summed E-state index contributed by atoms with van der Waals surface area (Å²) in [5, 5.41) is 17.5. The topological polar surface area (TPSA) is 91.3 Å². The molecule has 5 aromatic carbocycles. The van der Waals surface area contributed by atoms with Crippen molar-refractivity contribution in [3.05, 3.63) is 168 Å². The zero-order valence-electron chi connectivity index (χ0n) is 25.3. The number of rotatable bonds is 11. The third kappa shape index (κ3) is 7.30. The molecule has 2 amide bonds. The highest BCUT2D eigenvalue weighted by atomic mass is 16.3. The third-order valence-electron chi connectivity index (χ3n) is 8.18. The highest BCUT2D eigenvalue weighted by Crippen LogP contribution is 2.31. The number of carbonyl (C=O) groups excluding carboxylic acids is 2. The van der Waals surface area contributed by atoms with Crippen LogP contribution in [-0.2, 0) is 11.2 Å². The van der Waals surface area contributed by atoms with E-state index in [0.717, 1.165) is 22.1 Å². The second kappa shape index (κ2) is 14.4.